The normalized spacial score (nSPS) is 11.3. The molecule has 4 nitrogen and oxygen atoms in total. The van der Waals surface area contributed by atoms with Gasteiger partial charge < -0.3 is 9.13 Å². The van der Waals surface area contributed by atoms with E-state index in [9.17, 15) is 13.2 Å². The van der Waals surface area contributed by atoms with E-state index in [-0.39, 0.29) is 12.4 Å². The number of benzene rings is 1. The number of rotatable bonds is 4. The van der Waals surface area contributed by atoms with E-state index in [0.29, 0.717) is 12.2 Å². The SMILES string of the molecule is CCc1nccn1Cc1cn(-c2ccc(C(F)(F)F)cc2)cn1.Cl. The molecule has 128 valence electrons. The molecule has 0 fully saturated rings. The Bertz CT molecular complexity index is 790. The number of halogens is 4. The molecule has 0 N–H and O–H groups in total. The first-order valence-corrected chi connectivity index (χ1v) is 7.18. The van der Waals surface area contributed by atoms with Crippen LogP contribution in [0.1, 0.15) is 24.0 Å². The first kappa shape index (κ1) is 18.1. The van der Waals surface area contributed by atoms with Crippen molar-refractivity contribution in [3.63, 3.8) is 0 Å². The highest BCUT2D eigenvalue weighted by molar-refractivity contribution is 5.85. The Morgan fingerprint density at radius 3 is 2.42 bits per heavy atom. The third-order valence-electron chi connectivity index (χ3n) is 3.58. The van der Waals surface area contributed by atoms with Crippen LogP contribution < -0.4 is 0 Å². The van der Waals surface area contributed by atoms with E-state index in [4.69, 9.17) is 0 Å². The second kappa shape index (κ2) is 7.09. The molecule has 0 spiro atoms. The fraction of sp³-hybridized carbons (Fsp3) is 0.250. The summed E-state index contributed by atoms with van der Waals surface area (Å²) in [4.78, 5) is 8.56. The Balaban J connectivity index is 0.00000208. The molecule has 3 aromatic rings. The summed E-state index contributed by atoms with van der Waals surface area (Å²) in [5.41, 5.74) is 0.795. The third-order valence-corrected chi connectivity index (χ3v) is 3.58. The highest BCUT2D eigenvalue weighted by Crippen LogP contribution is 2.29. The average Bonchev–Trinajstić information content (AvgIpc) is 3.16. The summed E-state index contributed by atoms with van der Waals surface area (Å²) in [7, 11) is 0. The van der Waals surface area contributed by atoms with Crippen molar-refractivity contribution in [2.45, 2.75) is 26.1 Å². The summed E-state index contributed by atoms with van der Waals surface area (Å²) >= 11 is 0. The number of nitrogens with zero attached hydrogens (tertiary/aromatic N) is 4. The van der Waals surface area contributed by atoms with Gasteiger partial charge in [0.25, 0.3) is 0 Å². The zero-order chi connectivity index (χ0) is 16.4. The van der Waals surface area contributed by atoms with Gasteiger partial charge in [-0.3, -0.25) is 0 Å². The average molecular weight is 357 g/mol. The Morgan fingerprint density at radius 2 is 1.79 bits per heavy atom. The summed E-state index contributed by atoms with van der Waals surface area (Å²) in [6, 6.07) is 5.01. The molecular formula is C16H16ClF3N4. The van der Waals surface area contributed by atoms with Gasteiger partial charge in [-0.05, 0) is 24.3 Å². The lowest BCUT2D eigenvalue weighted by molar-refractivity contribution is -0.137. The van der Waals surface area contributed by atoms with Crippen LogP contribution in [0.5, 0.6) is 0 Å². The molecule has 0 atom stereocenters. The van der Waals surface area contributed by atoms with Crippen LogP contribution in [-0.2, 0) is 19.1 Å². The molecule has 0 amide bonds. The van der Waals surface area contributed by atoms with Crippen LogP contribution in [0, 0.1) is 0 Å². The molecular weight excluding hydrogens is 341 g/mol. The van der Waals surface area contributed by atoms with Gasteiger partial charge >= 0.3 is 6.18 Å². The van der Waals surface area contributed by atoms with Crippen molar-refractivity contribution in [3.8, 4) is 5.69 Å². The Kier molecular flexibility index (Phi) is 5.33. The lowest BCUT2D eigenvalue weighted by atomic mass is 10.2. The molecule has 1 aromatic carbocycles. The standard InChI is InChI=1S/C16H15F3N4.ClH/c1-2-15-20-7-8-22(15)9-13-10-23(11-21-13)14-5-3-12(4-6-14)16(17,18)19;/h3-8,10-11H,2,9H2,1H3;1H. The van der Waals surface area contributed by atoms with Crippen LogP contribution in [0.25, 0.3) is 5.69 Å². The largest absolute Gasteiger partial charge is 0.416 e. The number of hydrogen-bond acceptors (Lipinski definition) is 2. The molecule has 8 heteroatoms. The highest BCUT2D eigenvalue weighted by Gasteiger charge is 2.29. The monoisotopic (exact) mass is 356 g/mol. The molecule has 0 radical (unpaired) electrons. The van der Waals surface area contributed by atoms with Crippen LogP contribution in [0.3, 0.4) is 0 Å². The van der Waals surface area contributed by atoms with Crippen LogP contribution in [0.4, 0.5) is 13.2 Å². The van der Waals surface area contributed by atoms with Crippen molar-refractivity contribution in [2.24, 2.45) is 0 Å². The molecule has 0 saturated carbocycles. The maximum atomic E-state index is 12.6. The summed E-state index contributed by atoms with van der Waals surface area (Å²) in [5.74, 6) is 0.967. The number of alkyl halides is 3. The molecule has 2 heterocycles. The summed E-state index contributed by atoms with van der Waals surface area (Å²) in [6.45, 7) is 2.61. The predicted octanol–water partition coefficient (Wildman–Crippen LogP) is 4.12. The van der Waals surface area contributed by atoms with Crippen molar-refractivity contribution in [1.29, 1.82) is 0 Å². The van der Waals surface area contributed by atoms with Gasteiger partial charge in [0.2, 0.25) is 0 Å². The smallest absolute Gasteiger partial charge is 0.329 e. The van der Waals surface area contributed by atoms with E-state index < -0.39 is 11.7 Å². The number of hydrogen-bond donors (Lipinski definition) is 0. The van der Waals surface area contributed by atoms with Crippen molar-refractivity contribution >= 4 is 12.4 Å². The van der Waals surface area contributed by atoms with Crippen molar-refractivity contribution in [1.82, 2.24) is 19.1 Å². The van der Waals surface area contributed by atoms with Crippen molar-refractivity contribution in [2.75, 3.05) is 0 Å². The van der Waals surface area contributed by atoms with E-state index >= 15 is 0 Å². The second-order valence-electron chi connectivity index (χ2n) is 5.14. The Hall–Kier alpha value is -2.28. The van der Waals surface area contributed by atoms with Crippen molar-refractivity contribution in [3.05, 3.63) is 66.3 Å². The Labute approximate surface area is 143 Å². The van der Waals surface area contributed by atoms with E-state index in [1.165, 1.54) is 12.1 Å². The van der Waals surface area contributed by atoms with Crippen LogP contribution >= 0.6 is 12.4 Å². The molecule has 24 heavy (non-hydrogen) atoms. The molecule has 0 aliphatic heterocycles. The van der Waals surface area contributed by atoms with Gasteiger partial charge in [0, 0.05) is 30.7 Å². The van der Waals surface area contributed by atoms with Gasteiger partial charge in [-0.15, -0.1) is 12.4 Å². The minimum Gasteiger partial charge on any atom is -0.329 e. The minimum atomic E-state index is -4.32. The van der Waals surface area contributed by atoms with Crippen LogP contribution in [0.2, 0.25) is 0 Å². The lowest BCUT2D eigenvalue weighted by Gasteiger charge is -2.08. The first-order valence-electron chi connectivity index (χ1n) is 7.18. The molecule has 0 bridgehead atoms. The molecule has 0 aliphatic carbocycles. The lowest BCUT2D eigenvalue weighted by Crippen LogP contribution is -2.05. The zero-order valence-corrected chi connectivity index (χ0v) is 13.7. The molecule has 0 aliphatic rings. The van der Waals surface area contributed by atoms with E-state index in [2.05, 4.69) is 9.97 Å². The molecule has 3 rings (SSSR count). The van der Waals surface area contributed by atoms with Crippen LogP contribution in [-0.4, -0.2) is 19.1 Å². The van der Waals surface area contributed by atoms with Gasteiger partial charge in [0.1, 0.15) is 5.82 Å². The number of imidazole rings is 2. The van der Waals surface area contributed by atoms with Gasteiger partial charge in [0.05, 0.1) is 24.1 Å². The fourth-order valence-corrected chi connectivity index (χ4v) is 2.38. The fourth-order valence-electron chi connectivity index (χ4n) is 2.38. The topological polar surface area (TPSA) is 35.6 Å². The van der Waals surface area contributed by atoms with Crippen LogP contribution in [0.15, 0.2) is 49.2 Å². The van der Waals surface area contributed by atoms with E-state index in [0.717, 1.165) is 30.1 Å². The maximum absolute atomic E-state index is 12.6. The number of aryl methyl sites for hydroxylation is 1. The highest BCUT2D eigenvalue weighted by atomic mass is 35.5. The summed E-state index contributed by atoms with van der Waals surface area (Å²) < 4.78 is 41.4. The van der Waals surface area contributed by atoms with Gasteiger partial charge in [-0.1, -0.05) is 6.92 Å². The van der Waals surface area contributed by atoms with Gasteiger partial charge in [-0.2, -0.15) is 13.2 Å². The molecule has 0 unspecified atom stereocenters. The van der Waals surface area contributed by atoms with Gasteiger partial charge in [-0.25, -0.2) is 9.97 Å². The zero-order valence-electron chi connectivity index (χ0n) is 12.9. The summed E-state index contributed by atoms with van der Waals surface area (Å²) in [5, 5.41) is 0. The molecule has 2 aromatic heterocycles. The Morgan fingerprint density at radius 1 is 1.08 bits per heavy atom. The second-order valence-corrected chi connectivity index (χ2v) is 5.14. The van der Waals surface area contributed by atoms with E-state index in [1.54, 1.807) is 17.1 Å². The molecule has 0 saturated heterocycles. The quantitative estimate of drug-likeness (QED) is 0.705. The number of aromatic nitrogens is 4. The van der Waals surface area contributed by atoms with Crippen molar-refractivity contribution < 1.29 is 13.2 Å². The first-order chi connectivity index (χ1) is 11.0. The predicted molar refractivity (Wildman–Crippen MR) is 86.5 cm³/mol. The van der Waals surface area contributed by atoms with E-state index in [1.807, 2.05) is 23.9 Å². The van der Waals surface area contributed by atoms with Gasteiger partial charge in [0.15, 0.2) is 0 Å². The maximum Gasteiger partial charge on any atom is 0.416 e. The minimum absolute atomic E-state index is 0. The third kappa shape index (κ3) is 3.79. The summed E-state index contributed by atoms with van der Waals surface area (Å²) in [6.07, 6.45) is 3.54.